The van der Waals surface area contributed by atoms with Gasteiger partial charge in [0, 0.05) is 25.7 Å². The van der Waals surface area contributed by atoms with Gasteiger partial charge in [-0.2, -0.15) is 13.2 Å². The first kappa shape index (κ1) is 14.3. The first-order valence-electron chi connectivity index (χ1n) is 6.76. The van der Waals surface area contributed by atoms with E-state index in [2.05, 4.69) is 5.32 Å². The van der Waals surface area contributed by atoms with Gasteiger partial charge < -0.3 is 10.2 Å². The highest BCUT2D eigenvalue weighted by Crippen LogP contribution is 2.32. The minimum Gasteiger partial charge on any atom is -0.334 e. The Morgan fingerprint density at radius 2 is 2.05 bits per heavy atom. The quantitative estimate of drug-likeness (QED) is 0.807. The van der Waals surface area contributed by atoms with Crippen LogP contribution in [0.15, 0.2) is 18.2 Å². The van der Waals surface area contributed by atoms with Crippen molar-refractivity contribution in [3.05, 3.63) is 35.1 Å². The van der Waals surface area contributed by atoms with E-state index in [1.165, 1.54) is 4.90 Å². The Labute approximate surface area is 118 Å². The van der Waals surface area contributed by atoms with E-state index in [9.17, 15) is 22.4 Å². The van der Waals surface area contributed by atoms with Gasteiger partial charge in [-0.05, 0) is 30.5 Å². The summed E-state index contributed by atoms with van der Waals surface area (Å²) in [6.45, 7) is 1.86. The fourth-order valence-electron chi connectivity index (χ4n) is 3.12. The fourth-order valence-corrected chi connectivity index (χ4v) is 3.12. The maximum absolute atomic E-state index is 13.8. The van der Waals surface area contributed by atoms with Crippen LogP contribution in [0.25, 0.3) is 0 Å². The molecule has 3 nitrogen and oxygen atoms in total. The molecule has 0 aliphatic carbocycles. The summed E-state index contributed by atoms with van der Waals surface area (Å²) in [6, 6.07) is 1.91. The molecule has 0 bridgehead atoms. The summed E-state index contributed by atoms with van der Waals surface area (Å²) in [5, 5.41) is 3.14. The lowest BCUT2D eigenvalue weighted by molar-refractivity contribution is -0.137. The van der Waals surface area contributed by atoms with Gasteiger partial charge >= 0.3 is 6.18 Å². The van der Waals surface area contributed by atoms with E-state index in [1.54, 1.807) is 0 Å². The standard InChI is InChI=1S/C14H14F4N2O/c15-11-2-1-9(14(16,17)18)5-10(11)13(21)20-4-3-8-6-19-7-12(8)20/h1-2,5,8,12,19H,3-4,6-7H2/t8-,12+/m0/s1. The van der Waals surface area contributed by atoms with Crippen molar-refractivity contribution in [3.8, 4) is 0 Å². The molecule has 1 aromatic carbocycles. The minimum absolute atomic E-state index is 0.0496. The van der Waals surface area contributed by atoms with Crippen molar-refractivity contribution < 1.29 is 22.4 Å². The second-order valence-corrected chi connectivity index (χ2v) is 5.47. The van der Waals surface area contributed by atoms with E-state index in [-0.39, 0.29) is 6.04 Å². The Kier molecular flexibility index (Phi) is 3.39. The van der Waals surface area contributed by atoms with Crippen LogP contribution in [0, 0.1) is 11.7 Å². The third kappa shape index (κ3) is 2.50. The van der Waals surface area contributed by atoms with Gasteiger partial charge in [0.2, 0.25) is 0 Å². The molecule has 114 valence electrons. The third-order valence-corrected chi connectivity index (χ3v) is 4.23. The molecule has 0 unspecified atom stereocenters. The monoisotopic (exact) mass is 302 g/mol. The lowest BCUT2D eigenvalue weighted by atomic mass is 10.0. The van der Waals surface area contributed by atoms with E-state index in [4.69, 9.17) is 0 Å². The molecule has 7 heteroatoms. The van der Waals surface area contributed by atoms with E-state index < -0.39 is 29.0 Å². The largest absolute Gasteiger partial charge is 0.416 e. The number of nitrogens with zero attached hydrogens (tertiary/aromatic N) is 1. The molecule has 2 aliphatic rings. The zero-order chi connectivity index (χ0) is 15.2. The molecule has 1 aromatic rings. The molecular weight excluding hydrogens is 288 g/mol. The maximum atomic E-state index is 13.8. The molecule has 2 heterocycles. The summed E-state index contributed by atoms with van der Waals surface area (Å²) >= 11 is 0. The Morgan fingerprint density at radius 1 is 1.29 bits per heavy atom. The first-order valence-corrected chi connectivity index (χ1v) is 6.76. The number of nitrogens with one attached hydrogen (secondary N) is 1. The van der Waals surface area contributed by atoms with Gasteiger partial charge in [-0.25, -0.2) is 4.39 Å². The van der Waals surface area contributed by atoms with Gasteiger partial charge in [0.15, 0.2) is 0 Å². The lowest BCUT2D eigenvalue weighted by Crippen LogP contribution is -2.39. The van der Waals surface area contributed by atoms with Crippen molar-refractivity contribution in [1.82, 2.24) is 10.2 Å². The lowest BCUT2D eigenvalue weighted by Gasteiger charge is -2.24. The molecule has 0 saturated carbocycles. The van der Waals surface area contributed by atoms with Crippen LogP contribution < -0.4 is 5.32 Å². The highest BCUT2D eigenvalue weighted by Gasteiger charge is 2.41. The number of hydrogen-bond acceptors (Lipinski definition) is 2. The van der Waals surface area contributed by atoms with E-state index in [1.807, 2.05) is 0 Å². The number of rotatable bonds is 1. The topological polar surface area (TPSA) is 32.3 Å². The van der Waals surface area contributed by atoms with E-state index in [0.717, 1.165) is 13.0 Å². The summed E-state index contributed by atoms with van der Waals surface area (Å²) in [5.74, 6) is -1.26. The summed E-state index contributed by atoms with van der Waals surface area (Å²) in [6.07, 6.45) is -3.80. The summed E-state index contributed by atoms with van der Waals surface area (Å²) in [7, 11) is 0. The molecule has 2 fully saturated rings. The van der Waals surface area contributed by atoms with Crippen molar-refractivity contribution in [2.24, 2.45) is 5.92 Å². The van der Waals surface area contributed by atoms with Crippen LogP contribution in [0.2, 0.25) is 0 Å². The number of alkyl halides is 3. The van der Waals surface area contributed by atoms with Gasteiger partial charge in [-0.1, -0.05) is 0 Å². The summed E-state index contributed by atoms with van der Waals surface area (Å²) in [5.41, 5.74) is -1.51. The first-order chi connectivity index (χ1) is 9.88. The van der Waals surface area contributed by atoms with Crippen LogP contribution in [0.4, 0.5) is 17.6 Å². The fraction of sp³-hybridized carbons (Fsp3) is 0.500. The van der Waals surface area contributed by atoms with Crippen molar-refractivity contribution in [3.63, 3.8) is 0 Å². The van der Waals surface area contributed by atoms with Crippen molar-refractivity contribution in [2.45, 2.75) is 18.6 Å². The number of carbonyl (C=O) groups is 1. The Morgan fingerprint density at radius 3 is 2.76 bits per heavy atom. The van der Waals surface area contributed by atoms with Crippen LogP contribution in [-0.4, -0.2) is 36.5 Å². The van der Waals surface area contributed by atoms with Crippen molar-refractivity contribution >= 4 is 5.91 Å². The van der Waals surface area contributed by atoms with Crippen LogP contribution in [0.5, 0.6) is 0 Å². The molecule has 2 atom stereocenters. The predicted octanol–water partition coefficient (Wildman–Crippen LogP) is 2.28. The number of likely N-dealkylation sites (tertiary alicyclic amines) is 1. The van der Waals surface area contributed by atoms with Gasteiger partial charge in [0.1, 0.15) is 5.82 Å². The number of amides is 1. The van der Waals surface area contributed by atoms with Crippen LogP contribution in [0.1, 0.15) is 22.3 Å². The average Bonchev–Trinajstić information content (AvgIpc) is 2.99. The number of hydrogen-bond donors (Lipinski definition) is 1. The molecule has 1 amide bonds. The minimum atomic E-state index is -4.59. The van der Waals surface area contributed by atoms with Crippen LogP contribution in [0.3, 0.4) is 0 Å². The highest BCUT2D eigenvalue weighted by atomic mass is 19.4. The molecule has 2 aliphatic heterocycles. The number of halogens is 4. The second kappa shape index (κ2) is 4.98. The zero-order valence-corrected chi connectivity index (χ0v) is 11.1. The van der Waals surface area contributed by atoms with E-state index in [0.29, 0.717) is 37.2 Å². The number of benzene rings is 1. The molecule has 2 saturated heterocycles. The maximum Gasteiger partial charge on any atom is 0.416 e. The second-order valence-electron chi connectivity index (χ2n) is 5.47. The predicted molar refractivity (Wildman–Crippen MR) is 67.2 cm³/mol. The number of carbonyl (C=O) groups excluding carboxylic acids is 1. The summed E-state index contributed by atoms with van der Waals surface area (Å²) < 4.78 is 51.9. The Hall–Kier alpha value is -1.63. The zero-order valence-electron chi connectivity index (χ0n) is 11.1. The van der Waals surface area contributed by atoms with Crippen LogP contribution in [-0.2, 0) is 6.18 Å². The molecule has 0 radical (unpaired) electrons. The average molecular weight is 302 g/mol. The molecular formula is C14H14F4N2O. The van der Waals surface area contributed by atoms with Gasteiger partial charge in [-0.15, -0.1) is 0 Å². The normalized spacial score (nSPS) is 25.2. The molecule has 21 heavy (non-hydrogen) atoms. The Balaban J connectivity index is 1.91. The SMILES string of the molecule is O=C(c1cc(C(F)(F)F)ccc1F)N1CC[C@H]2CNC[C@H]21. The van der Waals surface area contributed by atoms with Gasteiger partial charge in [0.05, 0.1) is 11.1 Å². The number of fused-ring (bicyclic) bond motifs is 1. The van der Waals surface area contributed by atoms with Crippen molar-refractivity contribution in [2.75, 3.05) is 19.6 Å². The van der Waals surface area contributed by atoms with Gasteiger partial charge in [-0.3, -0.25) is 4.79 Å². The molecule has 0 spiro atoms. The Bertz CT molecular complexity index is 573. The van der Waals surface area contributed by atoms with Crippen LogP contribution >= 0.6 is 0 Å². The highest BCUT2D eigenvalue weighted by molar-refractivity contribution is 5.95. The van der Waals surface area contributed by atoms with E-state index >= 15 is 0 Å². The third-order valence-electron chi connectivity index (χ3n) is 4.23. The van der Waals surface area contributed by atoms with Crippen molar-refractivity contribution in [1.29, 1.82) is 0 Å². The molecule has 1 N–H and O–H groups in total. The summed E-state index contributed by atoms with van der Waals surface area (Å²) in [4.78, 5) is 13.9. The molecule has 3 rings (SSSR count). The smallest absolute Gasteiger partial charge is 0.334 e. The molecule has 0 aromatic heterocycles. The van der Waals surface area contributed by atoms with Gasteiger partial charge in [0.25, 0.3) is 5.91 Å².